The standard InChI is InChI=1S/C9H4ClF4N/c10-6-1-2-7(11)8(9(12,13)14)5(6)3-4-15/h1-2H,3H2. The number of alkyl halides is 3. The van der Waals surface area contributed by atoms with Crippen LogP contribution in [0.1, 0.15) is 11.1 Å². The van der Waals surface area contributed by atoms with Crippen molar-refractivity contribution in [3.8, 4) is 6.07 Å². The van der Waals surface area contributed by atoms with Gasteiger partial charge in [0.25, 0.3) is 0 Å². The zero-order valence-electron chi connectivity index (χ0n) is 7.20. The molecule has 0 amide bonds. The summed E-state index contributed by atoms with van der Waals surface area (Å²) in [6, 6.07) is 3.14. The summed E-state index contributed by atoms with van der Waals surface area (Å²) in [4.78, 5) is 0. The van der Waals surface area contributed by atoms with Gasteiger partial charge in [0.1, 0.15) is 5.82 Å². The minimum atomic E-state index is -4.85. The Kier molecular flexibility index (Phi) is 3.20. The van der Waals surface area contributed by atoms with Gasteiger partial charge < -0.3 is 0 Å². The molecule has 0 heterocycles. The molecular weight excluding hydrogens is 234 g/mol. The number of nitrogens with zero attached hydrogens (tertiary/aromatic N) is 1. The average molecular weight is 238 g/mol. The van der Waals surface area contributed by atoms with Crippen LogP contribution < -0.4 is 0 Å². The molecule has 0 aliphatic carbocycles. The van der Waals surface area contributed by atoms with E-state index in [9.17, 15) is 17.6 Å². The maximum absolute atomic E-state index is 13.0. The topological polar surface area (TPSA) is 23.8 Å². The normalized spacial score (nSPS) is 11.2. The quantitative estimate of drug-likeness (QED) is 0.685. The summed E-state index contributed by atoms with van der Waals surface area (Å²) >= 11 is 5.47. The third-order valence-electron chi connectivity index (χ3n) is 1.74. The summed E-state index contributed by atoms with van der Waals surface area (Å²) < 4.78 is 50.2. The molecule has 80 valence electrons. The van der Waals surface area contributed by atoms with Crippen molar-refractivity contribution in [3.63, 3.8) is 0 Å². The molecule has 6 heteroatoms. The van der Waals surface area contributed by atoms with E-state index in [0.29, 0.717) is 6.07 Å². The van der Waals surface area contributed by atoms with Gasteiger partial charge in [0.2, 0.25) is 0 Å². The van der Waals surface area contributed by atoms with Crippen LogP contribution in [0.5, 0.6) is 0 Å². The first kappa shape index (κ1) is 11.8. The highest BCUT2D eigenvalue weighted by Gasteiger charge is 2.37. The van der Waals surface area contributed by atoms with Gasteiger partial charge in [-0.2, -0.15) is 18.4 Å². The van der Waals surface area contributed by atoms with Crippen LogP contribution in [0.15, 0.2) is 12.1 Å². The SMILES string of the molecule is N#CCc1c(Cl)ccc(F)c1C(F)(F)F. The highest BCUT2D eigenvalue weighted by Crippen LogP contribution is 2.37. The molecule has 0 unspecified atom stereocenters. The smallest absolute Gasteiger partial charge is 0.206 e. The van der Waals surface area contributed by atoms with Crippen LogP contribution in [-0.2, 0) is 12.6 Å². The van der Waals surface area contributed by atoms with Gasteiger partial charge in [0.15, 0.2) is 0 Å². The fourth-order valence-electron chi connectivity index (χ4n) is 1.15. The van der Waals surface area contributed by atoms with E-state index in [0.717, 1.165) is 6.07 Å². The van der Waals surface area contributed by atoms with E-state index in [-0.39, 0.29) is 5.02 Å². The van der Waals surface area contributed by atoms with Gasteiger partial charge in [-0.05, 0) is 17.7 Å². The number of hydrogen-bond donors (Lipinski definition) is 0. The van der Waals surface area contributed by atoms with Gasteiger partial charge in [0, 0.05) is 5.02 Å². The summed E-state index contributed by atoms with van der Waals surface area (Å²) in [6.07, 6.45) is -5.42. The lowest BCUT2D eigenvalue weighted by molar-refractivity contribution is -0.140. The Morgan fingerprint density at radius 2 is 1.93 bits per heavy atom. The molecule has 0 aromatic heterocycles. The van der Waals surface area contributed by atoms with E-state index < -0.39 is 29.5 Å². The van der Waals surface area contributed by atoms with Crippen LogP contribution in [0, 0.1) is 17.1 Å². The second-order valence-corrected chi connectivity index (χ2v) is 3.12. The Labute approximate surface area is 87.9 Å². The second-order valence-electron chi connectivity index (χ2n) is 2.72. The van der Waals surface area contributed by atoms with Gasteiger partial charge in [-0.15, -0.1) is 0 Å². The van der Waals surface area contributed by atoms with Crippen molar-refractivity contribution in [1.82, 2.24) is 0 Å². The Morgan fingerprint density at radius 1 is 1.33 bits per heavy atom. The molecule has 0 N–H and O–H groups in total. The average Bonchev–Trinajstić information content (AvgIpc) is 2.09. The van der Waals surface area contributed by atoms with E-state index in [1.165, 1.54) is 6.07 Å². The maximum Gasteiger partial charge on any atom is 0.419 e. The summed E-state index contributed by atoms with van der Waals surface area (Å²) in [7, 11) is 0. The van der Waals surface area contributed by atoms with Crippen LogP contribution in [0.3, 0.4) is 0 Å². The number of halogens is 5. The van der Waals surface area contributed by atoms with Gasteiger partial charge in [-0.25, -0.2) is 4.39 Å². The number of hydrogen-bond acceptors (Lipinski definition) is 1. The van der Waals surface area contributed by atoms with Crippen molar-refractivity contribution < 1.29 is 17.6 Å². The van der Waals surface area contributed by atoms with Gasteiger partial charge >= 0.3 is 6.18 Å². The minimum absolute atomic E-state index is 0.259. The van der Waals surface area contributed by atoms with E-state index in [1.807, 2.05) is 0 Å². The van der Waals surface area contributed by atoms with E-state index in [1.54, 1.807) is 0 Å². The van der Waals surface area contributed by atoms with Gasteiger partial charge in [-0.1, -0.05) is 11.6 Å². The van der Waals surface area contributed by atoms with Crippen molar-refractivity contribution in [3.05, 3.63) is 34.1 Å². The Morgan fingerprint density at radius 3 is 2.40 bits per heavy atom. The first-order valence-corrected chi connectivity index (χ1v) is 4.16. The largest absolute Gasteiger partial charge is 0.419 e. The van der Waals surface area contributed by atoms with Crippen LogP contribution in [-0.4, -0.2) is 0 Å². The maximum atomic E-state index is 13.0. The molecule has 0 fully saturated rings. The number of benzene rings is 1. The lowest BCUT2D eigenvalue weighted by atomic mass is 10.0. The van der Waals surface area contributed by atoms with Crippen molar-refractivity contribution in [1.29, 1.82) is 5.26 Å². The van der Waals surface area contributed by atoms with Crippen molar-refractivity contribution in [2.75, 3.05) is 0 Å². The Bertz CT molecular complexity index is 419. The molecule has 0 aliphatic heterocycles. The molecule has 0 radical (unpaired) electrons. The molecule has 0 saturated carbocycles. The van der Waals surface area contributed by atoms with Gasteiger partial charge in [-0.3, -0.25) is 0 Å². The van der Waals surface area contributed by atoms with Gasteiger partial charge in [0.05, 0.1) is 18.1 Å². The lowest BCUT2D eigenvalue weighted by Crippen LogP contribution is -2.12. The van der Waals surface area contributed by atoms with Crippen molar-refractivity contribution >= 4 is 11.6 Å². The van der Waals surface area contributed by atoms with Crippen LogP contribution in [0.2, 0.25) is 5.02 Å². The number of rotatable bonds is 1. The number of nitriles is 1. The predicted molar refractivity (Wildman–Crippen MR) is 45.7 cm³/mol. The summed E-state index contributed by atoms with van der Waals surface area (Å²) in [6.45, 7) is 0. The zero-order chi connectivity index (χ0) is 11.6. The molecule has 1 aromatic carbocycles. The molecule has 1 nitrogen and oxygen atoms in total. The zero-order valence-corrected chi connectivity index (χ0v) is 7.95. The Balaban J connectivity index is 3.47. The van der Waals surface area contributed by atoms with E-state index in [4.69, 9.17) is 16.9 Å². The fraction of sp³-hybridized carbons (Fsp3) is 0.222. The molecule has 0 atom stereocenters. The van der Waals surface area contributed by atoms with Crippen LogP contribution >= 0.6 is 11.6 Å². The first-order valence-electron chi connectivity index (χ1n) is 3.79. The van der Waals surface area contributed by atoms with Crippen LogP contribution in [0.4, 0.5) is 17.6 Å². The lowest BCUT2D eigenvalue weighted by Gasteiger charge is -2.13. The van der Waals surface area contributed by atoms with Crippen molar-refractivity contribution in [2.45, 2.75) is 12.6 Å². The minimum Gasteiger partial charge on any atom is -0.206 e. The Hall–Kier alpha value is -1.28. The molecule has 0 aliphatic rings. The highest BCUT2D eigenvalue weighted by molar-refractivity contribution is 6.31. The second kappa shape index (κ2) is 4.07. The first-order chi connectivity index (χ1) is 6.88. The third-order valence-corrected chi connectivity index (χ3v) is 2.10. The molecule has 1 rings (SSSR count). The van der Waals surface area contributed by atoms with Crippen molar-refractivity contribution in [2.24, 2.45) is 0 Å². The molecule has 0 bridgehead atoms. The summed E-state index contributed by atoms with van der Waals surface area (Å²) in [5, 5.41) is 8.07. The highest BCUT2D eigenvalue weighted by atomic mass is 35.5. The van der Waals surface area contributed by atoms with E-state index in [2.05, 4.69) is 0 Å². The third kappa shape index (κ3) is 2.39. The van der Waals surface area contributed by atoms with E-state index >= 15 is 0 Å². The fourth-order valence-corrected chi connectivity index (χ4v) is 1.38. The molecule has 0 saturated heterocycles. The molecule has 0 spiro atoms. The summed E-state index contributed by atoms with van der Waals surface area (Å²) in [5.41, 5.74) is -1.98. The summed E-state index contributed by atoms with van der Waals surface area (Å²) in [5.74, 6) is -1.42. The monoisotopic (exact) mass is 237 g/mol. The molecular formula is C9H4ClF4N. The molecule has 1 aromatic rings. The van der Waals surface area contributed by atoms with Crippen LogP contribution in [0.25, 0.3) is 0 Å². The molecule has 15 heavy (non-hydrogen) atoms. The predicted octanol–water partition coefficient (Wildman–Crippen LogP) is 3.56.